The second kappa shape index (κ2) is 6.15. The van der Waals surface area contributed by atoms with Crippen LogP contribution in [-0.2, 0) is 10.9 Å². The van der Waals surface area contributed by atoms with Gasteiger partial charge in [0.2, 0.25) is 0 Å². The van der Waals surface area contributed by atoms with Crippen LogP contribution in [0.5, 0.6) is 0 Å². The Kier molecular flexibility index (Phi) is 4.98. The van der Waals surface area contributed by atoms with E-state index in [1.807, 2.05) is 0 Å². The van der Waals surface area contributed by atoms with Gasteiger partial charge in [-0.25, -0.2) is 4.79 Å². The quantitative estimate of drug-likeness (QED) is 0.871. The lowest BCUT2D eigenvalue weighted by molar-refractivity contribution is -0.137. The molecule has 0 aliphatic heterocycles. The van der Waals surface area contributed by atoms with Gasteiger partial charge in [0.15, 0.2) is 5.78 Å². The van der Waals surface area contributed by atoms with E-state index in [1.165, 1.54) is 6.07 Å². The van der Waals surface area contributed by atoms with Crippen LogP contribution in [0.1, 0.15) is 36.7 Å². The minimum Gasteiger partial charge on any atom is -0.444 e. The Bertz CT molecular complexity index is 533. The summed E-state index contributed by atoms with van der Waals surface area (Å²) < 4.78 is 42.5. The molecule has 0 radical (unpaired) electrons. The summed E-state index contributed by atoms with van der Waals surface area (Å²) in [5.74, 6) is -0.632. The third-order valence-corrected chi connectivity index (χ3v) is 2.30. The highest BCUT2D eigenvalue weighted by Crippen LogP contribution is 2.29. The number of rotatable bonds is 3. The number of carbonyl (C=O) groups is 2. The number of nitrogens with one attached hydrogen (secondary N) is 1. The van der Waals surface area contributed by atoms with E-state index >= 15 is 0 Å². The maximum Gasteiger partial charge on any atom is 0.416 e. The monoisotopic (exact) mass is 303 g/mol. The van der Waals surface area contributed by atoms with Crippen LogP contribution in [0.15, 0.2) is 24.3 Å². The molecular weight excluding hydrogens is 287 g/mol. The first kappa shape index (κ1) is 17.0. The van der Waals surface area contributed by atoms with Crippen LogP contribution in [0.4, 0.5) is 18.0 Å². The van der Waals surface area contributed by atoms with E-state index in [4.69, 9.17) is 4.74 Å². The molecule has 0 bridgehead atoms. The van der Waals surface area contributed by atoms with Crippen LogP contribution in [0.3, 0.4) is 0 Å². The molecule has 1 aromatic carbocycles. The summed E-state index contributed by atoms with van der Waals surface area (Å²) in [5.41, 5.74) is -1.75. The number of amides is 1. The predicted molar refractivity (Wildman–Crippen MR) is 70.0 cm³/mol. The van der Waals surface area contributed by atoms with Crippen molar-refractivity contribution in [3.05, 3.63) is 35.4 Å². The molecule has 0 heterocycles. The highest BCUT2D eigenvalue weighted by atomic mass is 19.4. The Hall–Kier alpha value is -2.05. The smallest absolute Gasteiger partial charge is 0.416 e. The summed E-state index contributed by atoms with van der Waals surface area (Å²) in [4.78, 5) is 23.1. The maximum atomic E-state index is 12.5. The third-order valence-electron chi connectivity index (χ3n) is 2.30. The van der Waals surface area contributed by atoms with E-state index in [9.17, 15) is 22.8 Å². The Labute approximate surface area is 120 Å². The van der Waals surface area contributed by atoms with Crippen LogP contribution in [-0.4, -0.2) is 24.0 Å². The number of carbonyl (C=O) groups excluding carboxylic acids is 2. The van der Waals surface area contributed by atoms with Crippen molar-refractivity contribution in [2.45, 2.75) is 32.5 Å². The molecule has 0 saturated heterocycles. The topological polar surface area (TPSA) is 55.4 Å². The zero-order valence-corrected chi connectivity index (χ0v) is 11.9. The van der Waals surface area contributed by atoms with E-state index in [0.29, 0.717) is 0 Å². The summed E-state index contributed by atoms with van der Waals surface area (Å²) in [6.07, 6.45) is -5.32. The van der Waals surface area contributed by atoms with Gasteiger partial charge in [0, 0.05) is 5.56 Å². The van der Waals surface area contributed by atoms with Crippen molar-refractivity contribution in [2.75, 3.05) is 6.54 Å². The maximum absolute atomic E-state index is 12.5. The Balaban J connectivity index is 2.67. The van der Waals surface area contributed by atoms with Crippen molar-refractivity contribution in [3.63, 3.8) is 0 Å². The Morgan fingerprint density at radius 1 is 1.19 bits per heavy atom. The molecule has 116 valence electrons. The van der Waals surface area contributed by atoms with Gasteiger partial charge in [-0.2, -0.15) is 13.2 Å². The molecule has 7 heteroatoms. The lowest BCUT2D eigenvalue weighted by Gasteiger charge is -2.19. The highest BCUT2D eigenvalue weighted by Gasteiger charge is 2.30. The molecule has 1 aromatic rings. The SMILES string of the molecule is CC(C)(C)OC(=O)NCC(=O)c1cccc(C(F)(F)F)c1. The molecule has 0 spiro atoms. The van der Waals surface area contributed by atoms with E-state index in [-0.39, 0.29) is 5.56 Å². The summed E-state index contributed by atoms with van der Waals surface area (Å²) in [6, 6.07) is 4.02. The average molecular weight is 303 g/mol. The van der Waals surface area contributed by atoms with Gasteiger partial charge in [-0.15, -0.1) is 0 Å². The van der Waals surface area contributed by atoms with Crippen LogP contribution >= 0.6 is 0 Å². The van der Waals surface area contributed by atoms with Crippen molar-refractivity contribution < 1.29 is 27.5 Å². The standard InChI is InChI=1S/C14H16F3NO3/c1-13(2,3)21-12(20)18-8-11(19)9-5-4-6-10(7-9)14(15,16)17/h4-7H,8H2,1-3H3,(H,18,20). The van der Waals surface area contributed by atoms with Crippen molar-refractivity contribution in [1.82, 2.24) is 5.32 Å². The van der Waals surface area contributed by atoms with Gasteiger partial charge in [-0.05, 0) is 32.9 Å². The number of halogens is 3. The second-order valence-electron chi connectivity index (χ2n) is 5.36. The van der Waals surface area contributed by atoms with Crippen LogP contribution in [0, 0.1) is 0 Å². The largest absolute Gasteiger partial charge is 0.444 e. The molecule has 0 aromatic heterocycles. The Morgan fingerprint density at radius 3 is 2.33 bits per heavy atom. The van der Waals surface area contributed by atoms with Crippen LogP contribution < -0.4 is 5.32 Å². The van der Waals surface area contributed by atoms with E-state index in [1.54, 1.807) is 20.8 Å². The van der Waals surface area contributed by atoms with E-state index in [0.717, 1.165) is 18.2 Å². The van der Waals surface area contributed by atoms with Gasteiger partial charge in [0.05, 0.1) is 12.1 Å². The van der Waals surface area contributed by atoms with Gasteiger partial charge in [-0.3, -0.25) is 4.79 Å². The first-order chi connectivity index (χ1) is 9.49. The number of hydrogen-bond donors (Lipinski definition) is 1. The number of alkyl halides is 3. The van der Waals surface area contributed by atoms with Crippen LogP contribution in [0.2, 0.25) is 0 Å². The molecular formula is C14H16F3NO3. The number of ether oxygens (including phenoxy) is 1. The van der Waals surface area contributed by atoms with Gasteiger partial charge >= 0.3 is 12.3 Å². The van der Waals surface area contributed by atoms with Gasteiger partial charge < -0.3 is 10.1 Å². The summed E-state index contributed by atoms with van der Waals surface area (Å²) in [6.45, 7) is 4.53. The molecule has 0 saturated carbocycles. The zero-order chi connectivity index (χ0) is 16.3. The number of hydrogen-bond acceptors (Lipinski definition) is 3. The average Bonchev–Trinajstić information content (AvgIpc) is 2.33. The fourth-order valence-electron chi connectivity index (χ4n) is 1.44. The first-order valence-electron chi connectivity index (χ1n) is 6.16. The molecule has 0 fully saturated rings. The molecule has 0 aliphatic carbocycles. The molecule has 0 aliphatic rings. The zero-order valence-electron chi connectivity index (χ0n) is 11.9. The second-order valence-corrected chi connectivity index (χ2v) is 5.36. The molecule has 4 nitrogen and oxygen atoms in total. The highest BCUT2D eigenvalue weighted by molar-refractivity contribution is 5.99. The third kappa shape index (κ3) is 5.85. The van der Waals surface area contributed by atoms with Gasteiger partial charge in [-0.1, -0.05) is 12.1 Å². The summed E-state index contributed by atoms with van der Waals surface area (Å²) in [5, 5.41) is 2.20. The van der Waals surface area contributed by atoms with Crippen molar-refractivity contribution >= 4 is 11.9 Å². The number of ketones is 1. The fourth-order valence-corrected chi connectivity index (χ4v) is 1.44. The Morgan fingerprint density at radius 2 is 1.81 bits per heavy atom. The van der Waals surface area contributed by atoms with Crippen molar-refractivity contribution in [2.24, 2.45) is 0 Å². The minimum atomic E-state index is -4.52. The minimum absolute atomic E-state index is 0.124. The molecule has 21 heavy (non-hydrogen) atoms. The summed E-state index contributed by atoms with van der Waals surface area (Å²) >= 11 is 0. The van der Waals surface area contributed by atoms with E-state index < -0.39 is 35.8 Å². The number of Topliss-reactive ketones (excluding diaryl/α,β-unsaturated/α-hetero) is 1. The first-order valence-corrected chi connectivity index (χ1v) is 6.16. The van der Waals surface area contributed by atoms with Gasteiger partial charge in [0.25, 0.3) is 0 Å². The molecule has 0 unspecified atom stereocenters. The molecule has 1 N–H and O–H groups in total. The van der Waals surface area contributed by atoms with Crippen LogP contribution in [0.25, 0.3) is 0 Å². The molecule has 1 amide bonds. The predicted octanol–water partition coefficient (Wildman–Crippen LogP) is 3.41. The lowest BCUT2D eigenvalue weighted by Crippen LogP contribution is -2.35. The summed E-state index contributed by atoms with van der Waals surface area (Å²) in [7, 11) is 0. The normalized spacial score (nSPS) is 11.9. The molecule has 1 rings (SSSR count). The van der Waals surface area contributed by atoms with Crippen molar-refractivity contribution in [3.8, 4) is 0 Å². The molecule has 0 atom stereocenters. The lowest BCUT2D eigenvalue weighted by atomic mass is 10.1. The number of alkyl carbamates (subject to hydrolysis) is 1. The van der Waals surface area contributed by atoms with Crippen molar-refractivity contribution in [1.29, 1.82) is 0 Å². The fraction of sp³-hybridized carbons (Fsp3) is 0.429. The number of benzene rings is 1. The van der Waals surface area contributed by atoms with E-state index in [2.05, 4.69) is 5.32 Å². The van der Waals surface area contributed by atoms with Gasteiger partial charge in [0.1, 0.15) is 5.60 Å².